The summed E-state index contributed by atoms with van der Waals surface area (Å²) < 4.78 is 27.3. The van der Waals surface area contributed by atoms with Crippen LogP contribution in [0.4, 0.5) is 8.78 Å². The minimum Gasteiger partial charge on any atom is -0.316 e. The highest BCUT2D eigenvalue weighted by atomic mass is 35.5. The van der Waals surface area contributed by atoms with Crippen molar-refractivity contribution >= 4 is 23.4 Å². The van der Waals surface area contributed by atoms with Gasteiger partial charge in [-0.15, -0.1) is 11.8 Å². The normalized spacial score (nSPS) is 12.4. The number of benzene rings is 2. The van der Waals surface area contributed by atoms with Crippen molar-refractivity contribution in [1.82, 2.24) is 5.32 Å². The fraction of sp³-hybridized carbons (Fsp3) is 0.250. The molecular weight excluding hydrogens is 312 g/mol. The number of nitrogens with one attached hydrogen (secondary N) is 1. The van der Waals surface area contributed by atoms with Crippen LogP contribution in [0.15, 0.2) is 47.4 Å². The Labute approximate surface area is 132 Å². The van der Waals surface area contributed by atoms with E-state index in [0.717, 1.165) is 0 Å². The Hall–Kier alpha value is -1.10. The van der Waals surface area contributed by atoms with Crippen LogP contribution in [0, 0.1) is 11.6 Å². The molecule has 2 aromatic rings. The van der Waals surface area contributed by atoms with E-state index in [2.05, 4.69) is 5.32 Å². The van der Waals surface area contributed by atoms with Crippen LogP contribution in [0.2, 0.25) is 5.02 Å². The number of hydrogen-bond donors (Lipinski definition) is 1. The maximum atomic E-state index is 13.7. The zero-order valence-electron chi connectivity index (χ0n) is 11.6. The van der Waals surface area contributed by atoms with Gasteiger partial charge in [0.25, 0.3) is 0 Å². The Kier molecular flexibility index (Phi) is 6.03. The summed E-state index contributed by atoms with van der Waals surface area (Å²) in [5.41, 5.74) is 0.566. The first kappa shape index (κ1) is 16.3. The number of thioether (sulfide) groups is 1. The van der Waals surface area contributed by atoms with Crippen molar-refractivity contribution in [2.24, 2.45) is 0 Å². The fourth-order valence-electron chi connectivity index (χ4n) is 1.96. The van der Waals surface area contributed by atoms with Crippen LogP contribution in [-0.4, -0.2) is 18.8 Å². The molecule has 112 valence electrons. The van der Waals surface area contributed by atoms with Gasteiger partial charge in [0, 0.05) is 21.7 Å². The molecule has 0 fully saturated rings. The molecule has 0 aliphatic carbocycles. The van der Waals surface area contributed by atoms with Gasteiger partial charge >= 0.3 is 0 Å². The van der Waals surface area contributed by atoms with Gasteiger partial charge in [-0.05, 0) is 49.4 Å². The summed E-state index contributed by atoms with van der Waals surface area (Å²) in [5.74, 6) is 0.144. The fourth-order valence-corrected chi connectivity index (χ4v) is 3.20. The summed E-state index contributed by atoms with van der Waals surface area (Å²) in [6.07, 6.45) is 0.504. The molecule has 0 radical (unpaired) electrons. The van der Waals surface area contributed by atoms with Gasteiger partial charge in [0.15, 0.2) is 0 Å². The zero-order valence-corrected chi connectivity index (χ0v) is 13.1. The lowest BCUT2D eigenvalue weighted by molar-refractivity contribution is 0.567. The molecule has 0 spiro atoms. The van der Waals surface area contributed by atoms with Gasteiger partial charge in [0.1, 0.15) is 11.6 Å². The third-order valence-electron chi connectivity index (χ3n) is 3.16. The van der Waals surface area contributed by atoms with Crippen LogP contribution in [-0.2, 0) is 6.42 Å². The molecule has 0 aliphatic heterocycles. The van der Waals surface area contributed by atoms with E-state index in [1.807, 2.05) is 7.05 Å². The van der Waals surface area contributed by atoms with Gasteiger partial charge in [0.05, 0.1) is 0 Å². The summed E-state index contributed by atoms with van der Waals surface area (Å²) in [4.78, 5) is 0.601. The second-order valence-corrected chi connectivity index (χ2v) is 6.17. The molecule has 2 aromatic carbocycles. The lowest BCUT2D eigenvalue weighted by Gasteiger charge is -2.16. The molecule has 0 aromatic heterocycles. The predicted octanol–water partition coefficient (Wildman–Crippen LogP) is 4.54. The van der Waals surface area contributed by atoms with Crippen LogP contribution in [0.1, 0.15) is 5.56 Å². The van der Waals surface area contributed by atoms with E-state index in [9.17, 15) is 8.78 Å². The summed E-state index contributed by atoms with van der Waals surface area (Å²) in [6.45, 7) is 0. The highest BCUT2D eigenvalue weighted by molar-refractivity contribution is 7.99. The number of halogens is 3. The van der Waals surface area contributed by atoms with Gasteiger partial charge < -0.3 is 5.32 Å². The second-order valence-electron chi connectivity index (χ2n) is 4.67. The standard InChI is InChI=1S/C16H16ClF2NS/c1-20-13(9-11-8-12(17)6-7-14(11)18)10-21-16-5-3-2-4-15(16)19/h2-8,13,20H,9-10H2,1H3. The van der Waals surface area contributed by atoms with Gasteiger partial charge in [-0.1, -0.05) is 23.7 Å². The van der Waals surface area contributed by atoms with Crippen LogP contribution < -0.4 is 5.32 Å². The number of likely N-dealkylation sites (N-methyl/N-ethyl adjacent to an activating group) is 1. The molecule has 0 amide bonds. The quantitative estimate of drug-likeness (QED) is 0.782. The molecule has 1 atom stereocenters. The van der Waals surface area contributed by atoms with Crippen molar-refractivity contribution in [3.8, 4) is 0 Å². The maximum Gasteiger partial charge on any atom is 0.136 e. The van der Waals surface area contributed by atoms with E-state index in [0.29, 0.717) is 27.7 Å². The van der Waals surface area contributed by atoms with Crippen LogP contribution in [0.25, 0.3) is 0 Å². The number of rotatable bonds is 6. The Balaban J connectivity index is 2.00. The lowest BCUT2D eigenvalue weighted by atomic mass is 10.1. The van der Waals surface area contributed by atoms with Gasteiger partial charge in [-0.2, -0.15) is 0 Å². The first-order valence-electron chi connectivity index (χ1n) is 6.58. The monoisotopic (exact) mass is 327 g/mol. The first-order chi connectivity index (χ1) is 10.1. The topological polar surface area (TPSA) is 12.0 Å². The van der Waals surface area contributed by atoms with Crippen LogP contribution >= 0.6 is 23.4 Å². The molecule has 1 N–H and O–H groups in total. The predicted molar refractivity (Wildman–Crippen MR) is 85.1 cm³/mol. The third-order valence-corrected chi connectivity index (χ3v) is 4.61. The van der Waals surface area contributed by atoms with Crippen molar-refractivity contribution in [3.05, 3.63) is 64.7 Å². The Morgan fingerprint density at radius 1 is 1.14 bits per heavy atom. The van der Waals surface area contributed by atoms with E-state index in [1.165, 1.54) is 30.0 Å². The van der Waals surface area contributed by atoms with Crippen LogP contribution in [0.5, 0.6) is 0 Å². The molecule has 1 unspecified atom stereocenters. The summed E-state index contributed by atoms with van der Waals surface area (Å²) >= 11 is 7.31. The molecule has 0 saturated carbocycles. The number of hydrogen-bond acceptors (Lipinski definition) is 2. The molecule has 0 bridgehead atoms. The average molecular weight is 328 g/mol. The summed E-state index contributed by atoms with van der Waals surface area (Å²) in [7, 11) is 1.81. The zero-order chi connectivity index (χ0) is 15.2. The minimum atomic E-state index is -0.268. The highest BCUT2D eigenvalue weighted by Crippen LogP contribution is 2.23. The largest absolute Gasteiger partial charge is 0.316 e. The Morgan fingerprint density at radius 2 is 1.90 bits per heavy atom. The van der Waals surface area contributed by atoms with Crippen molar-refractivity contribution < 1.29 is 8.78 Å². The first-order valence-corrected chi connectivity index (χ1v) is 7.95. The third kappa shape index (κ3) is 4.70. The van der Waals surface area contributed by atoms with Gasteiger partial charge in [-0.25, -0.2) is 8.78 Å². The van der Waals surface area contributed by atoms with Crippen molar-refractivity contribution in [2.75, 3.05) is 12.8 Å². The van der Waals surface area contributed by atoms with E-state index in [-0.39, 0.29) is 17.7 Å². The van der Waals surface area contributed by atoms with Crippen LogP contribution in [0.3, 0.4) is 0 Å². The second kappa shape index (κ2) is 7.78. The maximum absolute atomic E-state index is 13.7. The molecule has 21 heavy (non-hydrogen) atoms. The lowest BCUT2D eigenvalue weighted by Crippen LogP contribution is -2.30. The van der Waals surface area contributed by atoms with Crippen molar-refractivity contribution in [1.29, 1.82) is 0 Å². The Bertz CT molecular complexity index is 607. The highest BCUT2D eigenvalue weighted by Gasteiger charge is 2.13. The van der Waals surface area contributed by atoms with Gasteiger partial charge in [-0.3, -0.25) is 0 Å². The summed E-state index contributed by atoms with van der Waals surface area (Å²) in [5, 5.41) is 3.65. The molecule has 0 saturated heterocycles. The smallest absolute Gasteiger partial charge is 0.136 e. The molecule has 5 heteroatoms. The molecule has 0 aliphatic rings. The van der Waals surface area contributed by atoms with Crippen molar-refractivity contribution in [3.63, 3.8) is 0 Å². The SMILES string of the molecule is CNC(CSc1ccccc1F)Cc1cc(Cl)ccc1F. The molecule has 1 nitrogen and oxygen atoms in total. The van der Waals surface area contributed by atoms with E-state index < -0.39 is 0 Å². The summed E-state index contributed by atoms with van der Waals surface area (Å²) in [6, 6.07) is 11.2. The Morgan fingerprint density at radius 3 is 2.62 bits per heavy atom. The molecular formula is C16H16ClF2NS. The minimum absolute atomic E-state index is 0.0302. The molecule has 2 rings (SSSR count). The van der Waals surface area contributed by atoms with E-state index >= 15 is 0 Å². The van der Waals surface area contributed by atoms with Gasteiger partial charge in [0.2, 0.25) is 0 Å². The molecule has 0 heterocycles. The average Bonchev–Trinajstić information content (AvgIpc) is 2.48. The van der Waals surface area contributed by atoms with E-state index in [1.54, 1.807) is 24.3 Å². The van der Waals surface area contributed by atoms with E-state index in [4.69, 9.17) is 11.6 Å². The van der Waals surface area contributed by atoms with Crippen molar-refractivity contribution in [2.45, 2.75) is 17.4 Å².